The molecule has 0 bridgehead atoms. The van der Waals surface area contributed by atoms with Gasteiger partial charge in [-0.15, -0.1) is 0 Å². The number of Topliss-reactive ketones (excluding diaryl/α,β-unsaturated/α-hetero) is 1. The SMILES string of the molecule is COC(=O)c1ccc([C@H](C)CC(=O)[C@H]2C[C@@H](OC)CCN2B(C)O)cc1. The second kappa shape index (κ2) is 9.30. The molecule has 3 atom stereocenters. The molecule has 26 heavy (non-hydrogen) atoms. The second-order valence-electron chi connectivity index (χ2n) is 6.95. The van der Waals surface area contributed by atoms with Crippen molar-refractivity contribution < 1.29 is 24.1 Å². The van der Waals surface area contributed by atoms with E-state index in [9.17, 15) is 14.6 Å². The third kappa shape index (κ3) is 4.93. The molecule has 1 saturated heterocycles. The van der Waals surface area contributed by atoms with E-state index in [0.29, 0.717) is 24.9 Å². The van der Waals surface area contributed by atoms with Crippen LogP contribution in [0.2, 0.25) is 6.82 Å². The molecule has 0 aliphatic carbocycles. The van der Waals surface area contributed by atoms with E-state index in [0.717, 1.165) is 12.0 Å². The standard InChI is InChI=1S/C19H28BNO5/c1-13(14-5-7-15(8-6-14)19(23)26-4)11-18(22)17-12-16(25-3)9-10-21(17)20(2)24/h5-8,13,16-17,24H,9-12H2,1-4H3/t13-,16+,17-/m1/s1. The lowest BCUT2D eigenvalue weighted by Gasteiger charge is -2.39. The van der Waals surface area contributed by atoms with Crippen molar-refractivity contribution in [3.05, 3.63) is 35.4 Å². The van der Waals surface area contributed by atoms with Crippen LogP contribution in [0.1, 0.15) is 48.0 Å². The number of hydrogen-bond acceptors (Lipinski definition) is 6. The summed E-state index contributed by atoms with van der Waals surface area (Å²) in [6.07, 6.45) is 1.85. The third-order valence-electron chi connectivity index (χ3n) is 5.19. The number of benzene rings is 1. The Morgan fingerprint density at radius 2 is 1.96 bits per heavy atom. The molecule has 0 spiro atoms. The fraction of sp³-hybridized carbons (Fsp3) is 0.579. The minimum absolute atomic E-state index is 0.0213. The number of carbonyl (C=O) groups excluding carboxylic acids is 2. The Kier molecular flexibility index (Phi) is 7.38. The number of esters is 1. The number of piperidine rings is 1. The van der Waals surface area contributed by atoms with Gasteiger partial charge in [-0.05, 0) is 49.8 Å². The molecular weight excluding hydrogens is 333 g/mol. The molecule has 1 aromatic rings. The summed E-state index contributed by atoms with van der Waals surface area (Å²) in [4.78, 5) is 26.3. The third-order valence-corrected chi connectivity index (χ3v) is 5.19. The van der Waals surface area contributed by atoms with Gasteiger partial charge in [0.25, 0.3) is 0 Å². The van der Waals surface area contributed by atoms with Gasteiger partial charge in [0.15, 0.2) is 0 Å². The Bertz CT molecular complexity index is 619. The molecule has 1 aliphatic heterocycles. The van der Waals surface area contributed by atoms with Crippen LogP contribution < -0.4 is 0 Å². The molecular formula is C19H28BNO5. The molecule has 1 aliphatic rings. The van der Waals surface area contributed by atoms with Gasteiger partial charge in [-0.3, -0.25) is 4.79 Å². The van der Waals surface area contributed by atoms with E-state index in [4.69, 9.17) is 9.47 Å². The molecule has 0 saturated carbocycles. The van der Waals surface area contributed by atoms with Crippen molar-refractivity contribution in [1.29, 1.82) is 0 Å². The van der Waals surface area contributed by atoms with Gasteiger partial charge in [-0.25, -0.2) is 4.79 Å². The van der Waals surface area contributed by atoms with Gasteiger partial charge in [-0.2, -0.15) is 0 Å². The smallest absolute Gasteiger partial charge is 0.377 e. The van der Waals surface area contributed by atoms with E-state index in [1.807, 2.05) is 23.9 Å². The molecule has 1 heterocycles. The van der Waals surface area contributed by atoms with Crippen molar-refractivity contribution in [2.45, 2.75) is 51.1 Å². The van der Waals surface area contributed by atoms with Crippen LogP contribution >= 0.6 is 0 Å². The average molecular weight is 361 g/mol. The largest absolute Gasteiger partial charge is 0.465 e. The molecule has 1 N–H and O–H groups in total. The first-order valence-corrected chi connectivity index (χ1v) is 9.05. The van der Waals surface area contributed by atoms with Crippen LogP contribution in [-0.2, 0) is 14.3 Å². The van der Waals surface area contributed by atoms with E-state index in [1.165, 1.54) is 7.11 Å². The summed E-state index contributed by atoms with van der Waals surface area (Å²) in [5, 5.41) is 10.0. The van der Waals surface area contributed by atoms with E-state index in [2.05, 4.69) is 0 Å². The second-order valence-corrected chi connectivity index (χ2v) is 6.95. The Balaban J connectivity index is 2.05. The topological polar surface area (TPSA) is 76.1 Å². The average Bonchev–Trinajstić information content (AvgIpc) is 2.66. The van der Waals surface area contributed by atoms with Gasteiger partial charge in [0.1, 0.15) is 5.78 Å². The molecule has 7 heteroatoms. The van der Waals surface area contributed by atoms with E-state index in [1.54, 1.807) is 26.1 Å². The van der Waals surface area contributed by atoms with Gasteiger partial charge in [0.05, 0.1) is 24.8 Å². The van der Waals surface area contributed by atoms with Crippen LogP contribution in [0.4, 0.5) is 0 Å². The number of nitrogens with zero attached hydrogens (tertiary/aromatic N) is 1. The molecule has 6 nitrogen and oxygen atoms in total. The van der Waals surface area contributed by atoms with Crippen molar-refractivity contribution in [1.82, 2.24) is 4.81 Å². The number of ketones is 1. The highest BCUT2D eigenvalue weighted by Crippen LogP contribution is 2.26. The monoisotopic (exact) mass is 361 g/mol. The molecule has 0 radical (unpaired) electrons. The molecule has 1 fully saturated rings. The zero-order chi connectivity index (χ0) is 19.3. The summed E-state index contributed by atoms with van der Waals surface area (Å²) in [5.41, 5.74) is 1.49. The van der Waals surface area contributed by atoms with Crippen LogP contribution in [-0.4, -0.2) is 61.5 Å². The zero-order valence-electron chi connectivity index (χ0n) is 16.0. The fourth-order valence-corrected chi connectivity index (χ4v) is 3.55. The lowest BCUT2D eigenvalue weighted by atomic mass is 9.77. The first kappa shape index (κ1) is 20.6. The number of ether oxygens (including phenoxy) is 2. The molecule has 0 unspecified atom stereocenters. The lowest BCUT2D eigenvalue weighted by Crippen LogP contribution is -2.54. The van der Waals surface area contributed by atoms with Crippen LogP contribution in [0.25, 0.3) is 0 Å². The van der Waals surface area contributed by atoms with Crippen LogP contribution in [0, 0.1) is 0 Å². The highest BCUT2D eigenvalue weighted by molar-refractivity contribution is 6.45. The highest BCUT2D eigenvalue weighted by atomic mass is 16.5. The minimum Gasteiger partial charge on any atom is -0.465 e. The van der Waals surface area contributed by atoms with Crippen LogP contribution in [0.5, 0.6) is 0 Å². The summed E-state index contributed by atoms with van der Waals surface area (Å²) in [6, 6.07) is 6.81. The van der Waals surface area contributed by atoms with Crippen molar-refractivity contribution in [3.8, 4) is 0 Å². The number of methoxy groups -OCH3 is 2. The van der Waals surface area contributed by atoms with Gasteiger partial charge in [0.2, 0.25) is 0 Å². The predicted molar refractivity (Wildman–Crippen MR) is 100 cm³/mol. The van der Waals surface area contributed by atoms with Crippen LogP contribution in [0.15, 0.2) is 24.3 Å². The summed E-state index contributed by atoms with van der Waals surface area (Å²) in [6.45, 7) is 4.34. The van der Waals surface area contributed by atoms with Gasteiger partial charge >= 0.3 is 13.0 Å². The normalized spacial score (nSPS) is 21.9. The maximum atomic E-state index is 12.9. The highest BCUT2D eigenvalue weighted by Gasteiger charge is 2.37. The summed E-state index contributed by atoms with van der Waals surface area (Å²) in [5.74, 6) is -0.245. The van der Waals surface area contributed by atoms with Gasteiger partial charge in [-0.1, -0.05) is 19.1 Å². The minimum atomic E-state index is -0.656. The maximum absolute atomic E-state index is 12.9. The number of carbonyl (C=O) groups is 2. The van der Waals surface area contributed by atoms with E-state index >= 15 is 0 Å². The van der Waals surface area contributed by atoms with Crippen molar-refractivity contribution >= 4 is 18.8 Å². The van der Waals surface area contributed by atoms with Crippen molar-refractivity contribution in [2.75, 3.05) is 20.8 Å². The first-order valence-electron chi connectivity index (χ1n) is 9.05. The quantitative estimate of drug-likeness (QED) is 0.592. The molecule has 142 valence electrons. The predicted octanol–water partition coefficient (Wildman–Crippen LogP) is 2.13. The van der Waals surface area contributed by atoms with Crippen molar-refractivity contribution in [3.63, 3.8) is 0 Å². The molecule has 1 aromatic carbocycles. The fourth-order valence-electron chi connectivity index (χ4n) is 3.55. The number of hydrogen-bond donors (Lipinski definition) is 1. The Morgan fingerprint density at radius 3 is 2.50 bits per heavy atom. The lowest BCUT2D eigenvalue weighted by molar-refractivity contribution is -0.126. The van der Waals surface area contributed by atoms with E-state index in [-0.39, 0.29) is 29.8 Å². The summed E-state index contributed by atoms with van der Waals surface area (Å²) >= 11 is 0. The first-order chi connectivity index (χ1) is 12.4. The number of rotatable bonds is 7. The summed E-state index contributed by atoms with van der Waals surface area (Å²) in [7, 11) is 2.36. The van der Waals surface area contributed by atoms with Crippen molar-refractivity contribution in [2.24, 2.45) is 0 Å². The maximum Gasteiger partial charge on any atom is 0.377 e. The Morgan fingerprint density at radius 1 is 1.31 bits per heavy atom. The van der Waals surface area contributed by atoms with Gasteiger partial charge < -0.3 is 19.3 Å². The molecule has 2 rings (SSSR count). The molecule has 0 aromatic heterocycles. The van der Waals surface area contributed by atoms with Crippen LogP contribution in [0.3, 0.4) is 0 Å². The molecule has 0 amide bonds. The van der Waals surface area contributed by atoms with Gasteiger partial charge in [0, 0.05) is 13.5 Å². The Hall–Kier alpha value is -1.70. The van der Waals surface area contributed by atoms with E-state index < -0.39 is 7.05 Å². The summed E-state index contributed by atoms with van der Waals surface area (Å²) < 4.78 is 10.1. The Labute approximate surface area is 155 Å². The zero-order valence-corrected chi connectivity index (χ0v) is 16.0.